The SMILES string of the molecule is COc1cc(/C=C(/C#N)C(=O)NC(N)=O)ccc1OCc1ccc(Cl)cc1. The molecule has 0 saturated heterocycles. The van der Waals surface area contributed by atoms with Crippen LogP contribution in [0.2, 0.25) is 5.02 Å². The summed E-state index contributed by atoms with van der Waals surface area (Å²) in [6, 6.07) is 12.8. The molecule has 0 fully saturated rings. The van der Waals surface area contributed by atoms with E-state index in [9.17, 15) is 9.59 Å². The molecule has 3 amide bonds. The summed E-state index contributed by atoms with van der Waals surface area (Å²) >= 11 is 5.85. The van der Waals surface area contributed by atoms with Crippen molar-refractivity contribution in [2.24, 2.45) is 5.73 Å². The van der Waals surface area contributed by atoms with Crippen molar-refractivity contribution >= 4 is 29.6 Å². The minimum Gasteiger partial charge on any atom is -0.493 e. The largest absolute Gasteiger partial charge is 0.493 e. The van der Waals surface area contributed by atoms with Crippen LogP contribution in [0, 0.1) is 11.3 Å². The molecule has 8 heteroatoms. The molecule has 0 bridgehead atoms. The minimum atomic E-state index is -1.04. The number of amides is 3. The van der Waals surface area contributed by atoms with Gasteiger partial charge in [0.25, 0.3) is 5.91 Å². The maximum absolute atomic E-state index is 11.7. The van der Waals surface area contributed by atoms with E-state index in [0.717, 1.165) is 5.56 Å². The summed E-state index contributed by atoms with van der Waals surface area (Å²) in [6.45, 7) is 0.313. The van der Waals surface area contributed by atoms with Crippen LogP contribution in [0.25, 0.3) is 6.08 Å². The number of ether oxygens (including phenoxy) is 2. The first-order valence-corrected chi connectivity index (χ1v) is 8.08. The van der Waals surface area contributed by atoms with Gasteiger partial charge in [-0.2, -0.15) is 5.26 Å². The molecule has 0 saturated carbocycles. The Morgan fingerprint density at radius 3 is 2.52 bits per heavy atom. The lowest BCUT2D eigenvalue weighted by molar-refractivity contribution is -0.115. The number of nitrogens with one attached hydrogen (secondary N) is 1. The molecule has 0 spiro atoms. The van der Waals surface area contributed by atoms with Gasteiger partial charge in [-0.25, -0.2) is 4.79 Å². The van der Waals surface area contributed by atoms with Gasteiger partial charge in [0.05, 0.1) is 7.11 Å². The fraction of sp³-hybridized carbons (Fsp3) is 0.105. The van der Waals surface area contributed by atoms with Crippen molar-refractivity contribution in [3.63, 3.8) is 0 Å². The monoisotopic (exact) mass is 385 g/mol. The second-order valence-electron chi connectivity index (χ2n) is 5.31. The zero-order valence-corrected chi connectivity index (χ0v) is 15.1. The smallest absolute Gasteiger partial charge is 0.319 e. The minimum absolute atomic E-state index is 0.273. The van der Waals surface area contributed by atoms with Crippen LogP contribution in [0.15, 0.2) is 48.0 Å². The number of methoxy groups -OCH3 is 1. The van der Waals surface area contributed by atoms with Crippen LogP contribution in [0.1, 0.15) is 11.1 Å². The van der Waals surface area contributed by atoms with Gasteiger partial charge >= 0.3 is 6.03 Å². The van der Waals surface area contributed by atoms with E-state index in [2.05, 4.69) is 0 Å². The van der Waals surface area contributed by atoms with E-state index in [4.69, 9.17) is 32.1 Å². The summed E-state index contributed by atoms with van der Waals surface area (Å²) in [5, 5.41) is 11.6. The highest BCUT2D eigenvalue weighted by molar-refractivity contribution is 6.30. The van der Waals surface area contributed by atoms with Crippen molar-refractivity contribution in [1.29, 1.82) is 5.26 Å². The molecular formula is C19H16ClN3O4. The highest BCUT2D eigenvalue weighted by Crippen LogP contribution is 2.29. The molecule has 0 aliphatic rings. The van der Waals surface area contributed by atoms with E-state index in [1.807, 2.05) is 17.4 Å². The van der Waals surface area contributed by atoms with Gasteiger partial charge in [-0.05, 0) is 41.5 Å². The van der Waals surface area contributed by atoms with Gasteiger partial charge in [-0.1, -0.05) is 29.8 Å². The van der Waals surface area contributed by atoms with E-state index >= 15 is 0 Å². The van der Waals surface area contributed by atoms with Crippen molar-refractivity contribution in [2.75, 3.05) is 7.11 Å². The number of rotatable bonds is 6. The van der Waals surface area contributed by atoms with Crippen molar-refractivity contribution < 1.29 is 19.1 Å². The van der Waals surface area contributed by atoms with Gasteiger partial charge in [0.1, 0.15) is 18.2 Å². The Labute approximate surface area is 160 Å². The molecule has 138 valence electrons. The topological polar surface area (TPSA) is 114 Å². The van der Waals surface area contributed by atoms with Gasteiger partial charge in [0.2, 0.25) is 0 Å². The van der Waals surface area contributed by atoms with E-state index < -0.39 is 11.9 Å². The Hall–Kier alpha value is -3.50. The third kappa shape index (κ3) is 5.76. The second kappa shape index (κ2) is 9.27. The lowest BCUT2D eigenvalue weighted by Crippen LogP contribution is -2.35. The van der Waals surface area contributed by atoms with Gasteiger partial charge in [0.15, 0.2) is 11.5 Å². The molecule has 3 N–H and O–H groups in total. The van der Waals surface area contributed by atoms with Crippen LogP contribution >= 0.6 is 11.6 Å². The first-order chi connectivity index (χ1) is 12.9. The fourth-order valence-electron chi connectivity index (χ4n) is 2.13. The average Bonchev–Trinajstić information content (AvgIpc) is 2.65. The first kappa shape index (κ1) is 19.8. The molecule has 0 heterocycles. The Bertz CT molecular complexity index is 918. The van der Waals surface area contributed by atoms with Gasteiger partial charge < -0.3 is 15.2 Å². The number of primary amides is 1. The maximum Gasteiger partial charge on any atom is 0.319 e. The van der Waals surface area contributed by atoms with Crippen molar-refractivity contribution in [2.45, 2.75) is 6.61 Å². The number of carbonyl (C=O) groups excluding carboxylic acids is 2. The number of hydrogen-bond acceptors (Lipinski definition) is 5. The molecule has 0 unspecified atom stereocenters. The Balaban J connectivity index is 2.18. The number of nitrogens with zero attached hydrogens (tertiary/aromatic N) is 1. The third-order valence-electron chi connectivity index (χ3n) is 3.41. The van der Waals surface area contributed by atoms with Crippen molar-refractivity contribution in [3.05, 3.63) is 64.2 Å². The number of benzene rings is 2. The number of urea groups is 1. The molecule has 0 aliphatic heterocycles. The number of carbonyl (C=O) groups is 2. The summed E-state index contributed by atoms with van der Waals surface area (Å²) in [5.41, 5.74) is 6.06. The number of imide groups is 1. The molecule has 2 rings (SSSR count). The number of nitriles is 1. The van der Waals surface area contributed by atoms with Crippen LogP contribution in [0.4, 0.5) is 4.79 Å². The number of nitrogens with two attached hydrogens (primary N) is 1. The van der Waals surface area contributed by atoms with E-state index in [1.54, 1.807) is 36.4 Å². The summed E-state index contributed by atoms with van der Waals surface area (Å²) in [4.78, 5) is 22.5. The molecular weight excluding hydrogens is 370 g/mol. The molecule has 27 heavy (non-hydrogen) atoms. The fourth-order valence-corrected chi connectivity index (χ4v) is 2.26. The summed E-state index contributed by atoms with van der Waals surface area (Å²) in [5.74, 6) is 0.0297. The lowest BCUT2D eigenvalue weighted by atomic mass is 10.1. The molecule has 7 nitrogen and oxygen atoms in total. The maximum atomic E-state index is 11.7. The van der Waals surface area contributed by atoms with E-state index in [0.29, 0.717) is 28.7 Å². The molecule has 2 aromatic carbocycles. The summed E-state index contributed by atoms with van der Waals surface area (Å²) in [7, 11) is 1.48. The zero-order chi connectivity index (χ0) is 19.8. The third-order valence-corrected chi connectivity index (χ3v) is 3.66. The molecule has 0 aliphatic carbocycles. The highest BCUT2D eigenvalue weighted by atomic mass is 35.5. The normalized spacial score (nSPS) is 10.6. The van der Waals surface area contributed by atoms with Crippen LogP contribution in [-0.2, 0) is 11.4 Å². The molecule has 0 atom stereocenters. The number of hydrogen-bond donors (Lipinski definition) is 2. The first-order valence-electron chi connectivity index (χ1n) is 7.70. The second-order valence-corrected chi connectivity index (χ2v) is 5.75. The predicted molar refractivity (Wildman–Crippen MR) is 100 cm³/mol. The Morgan fingerprint density at radius 2 is 1.93 bits per heavy atom. The van der Waals surface area contributed by atoms with Crippen LogP contribution in [0.3, 0.4) is 0 Å². The lowest BCUT2D eigenvalue weighted by Gasteiger charge is -2.11. The summed E-state index contributed by atoms with van der Waals surface area (Å²) in [6.07, 6.45) is 1.31. The average molecular weight is 386 g/mol. The standard InChI is InChI=1S/C19H16ClN3O4/c1-26-17-9-13(8-14(10-21)18(24)23-19(22)25)4-7-16(17)27-11-12-2-5-15(20)6-3-12/h2-9H,11H2,1H3,(H3,22,23,24,25)/b14-8-. The van der Waals surface area contributed by atoms with E-state index in [-0.39, 0.29) is 5.57 Å². The highest BCUT2D eigenvalue weighted by Gasteiger charge is 2.12. The van der Waals surface area contributed by atoms with Crippen molar-refractivity contribution in [3.8, 4) is 17.6 Å². The van der Waals surface area contributed by atoms with Crippen LogP contribution in [0.5, 0.6) is 11.5 Å². The predicted octanol–water partition coefficient (Wildman–Crippen LogP) is 3.03. The van der Waals surface area contributed by atoms with Crippen molar-refractivity contribution in [1.82, 2.24) is 5.32 Å². The van der Waals surface area contributed by atoms with Gasteiger partial charge in [0, 0.05) is 5.02 Å². The van der Waals surface area contributed by atoms with Gasteiger partial charge in [-0.15, -0.1) is 0 Å². The quantitative estimate of drug-likeness (QED) is 0.585. The van der Waals surface area contributed by atoms with Crippen LogP contribution in [-0.4, -0.2) is 19.0 Å². The van der Waals surface area contributed by atoms with E-state index in [1.165, 1.54) is 13.2 Å². The van der Waals surface area contributed by atoms with Crippen LogP contribution < -0.4 is 20.5 Å². The molecule has 2 aromatic rings. The number of halogens is 1. The zero-order valence-electron chi connectivity index (χ0n) is 14.4. The Kier molecular flexibility index (Phi) is 6.80. The Morgan fingerprint density at radius 1 is 1.22 bits per heavy atom. The molecule has 0 aromatic heterocycles. The summed E-state index contributed by atoms with van der Waals surface area (Å²) < 4.78 is 11.0. The molecule has 0 radical (unpaired) electrons. The van der Waals surface area contributed by atoms with Gasteiger partial charge in [-0.3, -0.25) is 10.1 Å².